The van der Waals surface area contributed by atoms with E-state index in [-0.39, 0.29) is 12.4 Å². The van der Waals surface area contributed by atoms with E-state index in [0.717, 1.165) is 24.0 Å². The fraction of sp³-hybridized carbons (Fsp3) is 0.300. The number of rotatable bonds is 4. The van der Waals surface area contributed by atoms with Crippen molar-refractivity contribution < 1.29 is 14.3 Å². The molecule has 0 spiro atoms. The number of hydrogen-bond acceptors (Lipinski definition) is 3. The van der Waals surface area contributed by atoms with Crippen LogP contribution in [-0.4, -0.2) is 11.8 Å². The second kappa shape index (κ2) is 6.78. The van der Waals surface area contributed by atoms with Gasteiger partial charge in [-0.2, -0.15) is 0 Å². The molecule has 1 saturated carbocycles. The van der Waals surface area contributed by atoms with Crippen LogP contribution in [0.25, 0.3) is 0 Å². The van der Waals surface area contributed by atoms with Crippen LogP contribution in [0.1, 0.15) is 36.8 Å². The molecule has 3 nitrogen and oxygen atoms in total. The molecule has 0 aromatic heterocycles. The summed E-state index contributed by atoms with van der Waals surface area (Å²) in [5, 5.41) is 0. The van der Waals surface area contributed by atoms with Gasteiger partial charge in [0.05, 0.1) is 0 Å². The van der Waals surface area contributed by atoms with Crippen molar-refractivity contribution in [3.05, 3.63) is 71.8 Å². The molecule has 0 amide bonds. The number of ether oxygens (including phenoxy) is 1. The SMILES string of the molecule is O=C1CCCCC1(C(=O)OCc1ccccc1)c1ccccc1. The van der Waals surface area contributed by atoms with Gasteiger partial charge in [0.15, 0.2) is 11.2 Å². The third-order valence-corrected chi connectivity index (χ3v) is 4.51. The lowest BCUT2D eigenvalue weighted by atomic mass is 9.68. The van der Waals surface area contributed by atoms with E-state index in [9.17, 15) is 9.59 Å². The summed E-state index contributed by atoms with van der Waals surface area (Å²) in [5.74, 6) is -0.440. The molecule has 118 valence electrons. The third kappa shape index (κ3) is 3.04. The molecular weight excluding hydrogens is 288 g/mol. The standard InChI is InChI=1S/C20H20O3/c21-18-13-7-8-14-20(18,17-11-5-2-6-12-17)19(22)23-15-16-9-3-1-4-10-16/h1-6,9-12H,7-8,13-15H2. The monoisotopic (exact) mass is 308 g/mol. The second-order valence-corrected chi connectivity index (χ2v) is 5.96. The highest BCUT2D eigenvalue weighted by molar-refractivity contribution is 6.10. The molecule has 1 unspecified atom stereocenters. The molecule has 0 saturated heterocycles. The number of esters is 1. The minimum absolute atomic E-state index is 0.0204. The maximum Gasteiger partial charge on any atom is 0.324 e. The summed E-state index contributed by atoms with van der Waals surface area (Å²) in [6.07, 6.45) is 2.68. The lowest BCUT2D eigenvalue weighted by molar-refractivity contribution is -0.157. The minimum Gasteiger partial charge on any atom is -0.460 e. The number of Topliss-reactive ketones (excluding diaryl/α,β-unsaturated/α-hetero) is 1. The average molecular weight is 308 g/mol. The molecule has 0 N–H and O–H groups in total. The summed E-state index contributed by atoms with van der Waals surface area (Å²) in [6, 6.07) is 18.9. The molecule has 0 radical (unpaired) electrons. The summed E-state index contributed by atoms with van der Waals surface area (Å²) >= 11 is 0. The van der Waals surface area contributed by atoms with E-state index in [1.807, 2.05) is 60.7 Å². The first-order chi connectivity index (χ1) is 11.2. The van der Waals surface area contributed by atoms with Crippen molar-refractivity contribution in [3.63, 3.8) is 0 Å². The van der Waals surface area contributed by atoms with E-state index in [1.165, 1.54) is 0 Å². The molecule has 0 aliphatic heterocycles. The summed E-state index contributed by atoms with van der Waals surface area (Å²) in [5.41, 5.74) is 0.545. The zero-order chi connectivity index (χ0) is 16.1. The largest absolute Gasteiger partial charge is 0.460 e. The van der Waals surface area contributed by atoms with Crippen LogP contribution in [0.5, 0.6) is 0 Å². The van der Waals surface area contributed by atoms with Gasteiger partial charge in [0.1, 0.15) is 6.61 Å². The number of ketones is 1. The zero-order valence-electron chi connectivity index (χ0n) is 13.0. The maximum atomic E-state index is 12.9. The Morgan fingerprint density at radius 2 is 1.61 bits per heavy atom. The van der Waals surface area contributed by atoms with Gasteiger partial charge in [-0.1, -0.05) is 67.1 Å². The predicted molar refractivity (Wildman–Crippen MR) is 87.8 cm³/mol. The van der Waals surface area contributed by atoms with Gasteiger partial charge in [-0.25, -0.2) is 0 Å². The molecule has 1 aliphatic rings. The molecule has 1 fully saturated rings. The van der Waals surface area contributed by atoms with Crippen molar-refractivity contribution in [1.29, 1.82) is 0 Å². The number of hydrogen-bond donors (Lipinski definition) is 0. The van der Waals surface area contributed by atoms with Crippen molar-refractivity contribution >= 4 is 11.8 Å². The summed E-state index contributed by atoms with van der Waals surface area (Å²) in [4.78, 5) is 25.5. The van der Waals surface area contributed by atoms with E-state index in [2.05, 4.69) is 0 Å². The van der Waals surface area contributed by atoms with Crippen molar-refractivity contribution in [2.24, 2.45) is 0 Å². The molecule has 2 aromatic carbocycles. The summed E-state index contributed by atoms with van der Waals surface area (Å²) in [7, 11) is 0. The predicted octanol–water partition coefficient (Wildman–Crippen LogP) is 3.81. The van der Waals surface area contributed by atoms with Crippen LogP contribution in [0.3, 0.4) is 0 Å². The van der Waals surface area contributed by atoms with Gasteiger partial charge < -0.3 is 4.74 Å². The Kier molecular flexibility index (Phi) is 4.56. The molecule has 3 rings (SSSR count). The Bertz CT molecular complexity index is 679. The van der Waals surface area contributed by atoms with Crippen LogP contribution in [0.4, 0.5) is 0 Å². The first-order valence-electron chi connectivity index (χ1n) is 8.03. The highest BCUT2D eigenvalue weighted by atomic mass is 16.5. The fourth-order valence-electron chi connectivity index (χ4n) is 3.24. The van der Waals surface area contributed by atoms with Crippen molar-refractivity contribution in [3.8, 4) is 0 Å². The maximum absolute atomic E-state index is 12.9. The second-order valence-electron chi connectivity index (χ2n) is 5.96. The highest BCUT2D eigenvalue weighted by Gasteiger charge is 2.49. The minimum atomic E-state index is -1.13. The topological polar surface area (TPSA) is 43.4 Å². The zero-order valence-corrected chi connectivity index (χ0v) is 13.0. The first-order valence-corrected chi connectivity index (χ1v) is 8.03. The van der Waals surface area contributed by atoms with E-state index < -0.39 is 11.4 Å². The van der Waals surface area contributed by atoms with Crippen molar-refractivity contribution in [2.75, 3.05) is 0 Å². The molecule has 3 heteroatoms. The summed E-state index contributed by atoms with van der Waals surface area (Å²) < 4.78 is 5.54. The van der Waals surface area contributed by atoms with Crippen LogP contribution in [-0.2, 0) is 26.3 Å². The van der Waals surface area contributed by atoms with E-state index in [4.69, 9.17) is 4.74 Å². The Balaban J connectivity index is 1.86. The Labute approximate surface area is 136 Å². The van der Waals surface area contributed by atoms with Crippen LogP contribution < -0.4 is 0 Å². The molecule has 2 aromatic rings. The molecular formula is C20H20O3. The van der Waals surface area contributed by atoms with Gasteiger partial charge in [0.2, 0.25) is 0 Å². The Morgan fingerprint density at radius 3 is 2.26 bits per heavy atom. The smallest absolute Gasteiger partial charge is 0.324 e. The van der Waals surface area contributed by atoms with Crippen LogP contribution in [0, 0.1) is 0 Å². The van der Waals surface area contributed by atoms with Gasteiger partial charge in [0.25, 0.3) is 0 Å². The van der Waals surface area contributed by atoms with E-state index >= 15 is 0 Å². The van der Waals surface area contributed by atoms with Gasteiger partial charge in [0, 0.05) is 6.42 Å². The third-order valence-electron chi connectivity index (χ3n) is 4.51. The lowest BCUT2D eigenvalue weighted by Crippen LogP contribution is -2.46. The quantitative estimate of drug-likeness (QED) is 0.637. The Morgan fingerprint density at radius 1 is 0.957 bits per heavy atom. The van der Waals surface area contributed by atoms with Crippen molar-refractivity contribution in [1.82, 2.24) is 0 Å². The Hall–Kier alpha value is -2.42. The molecule has 1 atom stereocenters. The first kappa shape index (κ1) is 15.5. The number of carbonyl (C=O) groups is 2. The number of carbonyl (C=O) groups excluding carboxylic acids is 2. The molecule has 23 heavy (non-hydrogen) atoms. The van der Waals surface area contributed by atoms with Gasteiger partial charge in [-0.15, -0.1) is 0 Å². The van der Waals surface area contributed by atoms with E-state index in [0.29, 0.717) is 12.8 Å². The van der Waals surface area contributed by atoms with Gasteiger partial charge >= 0.3 is 5.97 Å². The van der Waals surface area contributed by atoms with Crippen LogP contribution >= 0.6 is 0 Å². The molecule has 0 heterocycles. The van der Waals surface area contributed by atoms with Gasteiger partial charge in [-0.05, 0) is 24.0 Å². The number of benzene rings is 2. The molecule has 1 aliphatic carbocycles. The summed E-state index contributed by atoms with van der Waals surface area (Å²) in [6.45, 7) is 0.196. The average Bonchev–Trinajstić information content (AvgIpc) is 2.62. The van der Waals surface area contributed by atoms with Crippen LogP contribution in [0.15, 0.2) is 60.7 Å². The van der Waals surface area contributed by atoms with Gasteiger partial charge in [-0.3, -0.25) is 9.59 Å². The fourth-order valence-corrected chi connectivity index (χ4v) is 3.24. The normalized spacial score (nSPS) is 21.0. The molecule has 0 bridgehead atoms. The van der Waals surface area contributed by atoms with Crippen molar-refractivity contribution in [2.45, 2.75) is 37.7 Å². The van der Waals surface area contributed by atoms with E-state index in [1.54, 1.807) is 0 Å². The van der Waals surface area contributed by atoms with Crippen LogP contribution in [0.2, 0.25) is 0 Å². The lowest BCUT2D eigenvalue weighted by Gasteiger charge is -2.33. The highest BCUT2D eigenvalue weighted by Crippen LogP contribution is 2.38.